The third-order valence-corrected chi connectivity index (χ3v) is 10.6. The molecule has 8 aromatic rings. The Hall–Kier alpha value is -5.71. The van der Waals surface area contributed by atoms with Gasteiger partial charge in [-0.25, -0.2) is 15.0 Å². The van der Waals surface area contributed by atoms with Gasteiger partial charge in [-0.05, 0) is 80.6 Å². The van der Waals surface area contributed by atoms with E-state index in [0.29, 0.717) is 23.4 Å². The van der Waals surface area contributed by atoms with Crippen molar-refractivity contribution in [2.75, 3.05) is 0 Å². The Morgan fingerprint density at radius 2 is 1.15 bits per heavy atom. The molecule has 1 atom stereocenters. The van der Waals surface area contributed by atoms with Crippen LogP contribution in [0.15, 0.2) is 146 Å². The Balaban J connectivity index is 1.19. The monoisotopic (exact) mass is 633 g/mol. The molecule has 0 saturated carbocycles. The minimum Gasteiger partial charge on any atom is -0.208 e. The highest BCUT2D eigenvalue weighted by atomic mass is 32.1. The smallest absolute Gasteiger partial charge is 0.165 e. The van der Waals surface area contributed by atoms with E-state index in [1.54, 1.807) is 0 Å². The summed E-state index contributed by atoms with van der Waals surface area (Å²) in [7, 11) is 0. The third kappa shape index (κ3) is 5.11. The molecule has 6 aromatic carbocycles. The zero-order valence-electron chi connectivity index (χ0n) is 26.5. The van der Waals surface area contributed by atoms with Gasteiger partial charge >= 0.3 is 0 Å². The summed E-state index contributed by atoms with van der Waals surface area (Å²) in [6.45, 7) is 2.32. The number of hydrogen-bond acceptors (Lipinski definition) is 4. The van der Waals surface area contributed by atoms with Crippen molar-refractivity contribution < 1.29 is 0 Å². The molecule has 48 heavy (non-hydrogen) atoms. The molecule has 0 aliphatic heterocycles. The molecule has 4 heteroatoms. The van der Waals surface area contributed by atoms with Crippen LogP contribution in [0.5, 0.6) is 0 Å². The minimum atomic E-state index is 0.486. The predicted octanol–water partition coefficient (Wildman–Crippen LogP) is 12.1. The van der Waals surface area contributed by atoms with Gasteiger partial charge in [-0.15, -0.1) is 11.3 Å². The van der Waals surface area contributed by atoms with Crippen LogP contribution in [0.3, 0.4) is 0 Å². The molecule has 9 rings (SSSR count). The molecule has 1 aliphatic carbocycles. The number of nitrogens with zero attached hydrogens (tertiary/aromatic N) is 3. The summed E-state index contributed by atoms with van der Waals surface area (Å²) in [5.74, 6) is 2.51. The molecule has 0 spiro atoms. The maximum atomic E-state index is 5.17. The largest absolute Gasteiger partial charge is 0.208 e. The van der Waals surface area contributed by atoms with Crippen molar-refractivity contribution in [2.45, 2.75) is 19.3 Å². The van der Waals surface area contributed by atoms with Crippen molar-refractivity contribution in [3.05, 3.63) is 156 Å². The Morgan fingerprint density at radius 1 is 0.521 bits per heavy atom. The number of rotatable bonds is 5. The number of hydrogen-bond donors (Lipinski definition) is 0. The van der Waals surface area contributed by atoms with Crippen molar-refractivity contribution >= 4 is 38.3 Å². The standard InChI is InChI=1S/C44H31N3S/c1-28-10-7-19-39-40(28)37-17-9-18-38(41(37)48-39)44-46-42(45-43(47-44)36-16-8-15-34(27-36)29-11-3-2-4-12-29)32-23-20-31(21-24-32)35-25-22-30-13-5-6-14-33(30)26-35/h2-9,11-28H,10H2,1H3. The lowest BCUT2D eigenvalue weighted by Gasteiger charge is -2.14. The van der Waals surface area contributed by atoms with Crippen molar-refractivity contribution in [3.8, 4) is 56.4 Å². The first kappa shape index (κ1) is 28.5. The van der Waals surface area contributed by atoms with E-state index >= 15 is 0 Å². The lowest BCUT2D eigenvalue weighted by atomic mass is 9.90. The average molecular weight is 634 g/mol. The Kier molecular flexibility index (Phi) is 7.02. The Bertz CT molecular complexity index is 2490. The summed E-state index contributed by atoms with van der Waals surface area (Å²) in [6, 6.07) is 49.2. The quantitative estimate of drug-likeness (QED) is 0.189. The van der Waals surface area contributed by atoms with E-state index in [1.807, 2.05) is 17.4 Å². The molecule has 2 aromatic heterocycles. The summed E-state index contributed by atoms with van der Waals surface area (Å²) in [5.41, 5.74) is 9.04. The van der Waals surface area contributed by atoms with Crippen LogP contribution in [-0.4, -0.2) is 15.0 Å². The van der Waals surface area contributed by atoms with Crippen molar-refractivity contribution in [1.29, 1.82) is 0 Å². The molecule has 0 saturated heterocycles. The molecule has 2 heterocycles. The third-order valence-electron chi connectivity index (χ3n) is 9.36. The van der Waals surface area contributed by atoms with Crippen LogP contribution < -0.4 is 0 Å². The molecule has 0 bridgehead atoms. The van der Waals surface area contributed by atoms with Crippen LogP contribution in [0.4, 0.5) is 0 Å². The predicted molar refractivity (Wildman–Crippen MR) is 202 cm³/mol. The summed E-state index contributed by atoms with van der Waals surface area (Å²) in [4.78, 5) is 16.8. The van der Waals surface area contributed by atoms with Crippen molar-refractivity contribution in [2.24, 2.45) is 0 Å². The van der Waals surface area contributed by atoms with Crippen LogP contribution in [0, 0.1) is 0 Å². The van der Waals surface area contributed by atoms with Gasteiger partial charge in [0.15, 0.2) is 17.5 Å². The first-order valence-corrected chi connectivity index (χ1v) is 17.2. The summed E-state index contributed by atoms with van der Waals surface area (Å²) < 4.78 is 1.23. The Labute approximate surface area is 284 Å². The van der Waals surface area contributed by atoms with E-state index in [-0.39, 0.29) is 0 Å². The van der Waals surface area contributed by atoms with Gasteiger partial charge in [0.1, 0.15) is 0 Å². The molecular formula is C44H31N3S. The Morgan fingerprint density at radius 3 is 2.00 bits per heavy atom. The van der Waals surface area contributed by atoms with Gasteiger partial charge in [0.05, 0.1) is 0 Å². The van der Waals surface area contributed by atoms with E-state index in [0.717, 1.165) is 39.8 Å². The highest BCUT2D eigenvalue weighted by Gasteiger charge is 2.22. The van der Waals surface area contributed by atoms with Crippen LogP contribution >= 0.6 is 11.3 Å². The second-order valence-electron chi connectivity index (χ2n) is 12.5. The van der Waals surface area contributed by atoms with E-state index in [2.05, 4.69) is 153 Å². The molecule has 1 unspecified atom stereocenters. The highest BCUT2D eigenvalue weighted by molar-refractivity contribution is 7.20. The van der Waals surface area contributed by atoms with Crippen molar-refractivity contribution in [3.63, 3.8) is 0 Å². The van der Waals surface area contributed by atoms with Gasteiger partial charge < -0.3 is 0 Å². The van der Waals surface area contributed by atoms with Gasteiger partial charge in [-0.2, -0.15) is 0 Å². The highest BCUT2D eigenvalue weighted by Crippen LogP contribution is 2.44. The molecule has 0 radical (unpaired) electrons. The van der Waals surface area contributed by atoms with Gasteiger partial charge in [-0.3, -0.25) is 0 Å². The first-order chi connectivity index (χ1) is 23.7. The number of benzene rings is 6. The maximum Gasteiger partial charge on any atom is 0.165 e. The minimum absolute atomic E-state index is 0.486. The molecule has 228 valence electrons. The first-order valence-electron chi connectivity index (χ1n) is 16.4. The second kappa shape index (κ2) is 11.8. The fourth-order valence-corrected chi connectivity index (χ4v) is 8.23. The van der Waals surface area contributed by atoms with Gasteiger partial charge in [-0.1, -0.05) is 134 Å². The molecule has 3 nitrogen and oxygen atoms in total. The van der Waals surface area contributed by atoms with Crippen molar-refractivity contribution in [1.82, 2.24) is 15.0 Å². The summed E-state index contributed by atoms with van der Waals surface area (Å²) >= 11 is 1.84. The SMILES string of the molecule is CC1CC=Cc2sc3c(-c4nc(-c5ccc(-c6ccc7ccccc7c6)cc5)nc(-c5cccc(-c6ccccc6)c5)n4)cccc3c21. The number of aromatic nitrogens is 3. The molecule has 1 aliphatic rings. The normalized spacial score (nSPS) is 14.0. The topological polar surface area (TPSA) is 38.7 Å². The molecule has 0 N–H and O–H groups in total. The number of allylic oxidation sites excluding steroid dienone is 1. The van der Waals surface area contributed by atoms with E-state index in [9.17, 15) is 0 Å². The van der Waals surface area contributed by atoms with Gasteiger partial charge in [0.2, 0.25) is 0 Å². The summed E-state index contributed by atoms with van der Waals surface area (Å²) in [5, 5.41) is 3.78. The van der Waals surface area contributed by atoms with E-state index in [4.69, 9.17) is 15.0 Å². The fourth-order valence-electron chi connectivity index (χ4n) is 6.87. The molecular weight excluding hydrogens is 603 g/mol. The van der Waals surface area contributed by atoms with Crippen LogP contribution in [0.1, 0.15) is 29.7 Å². The second-order valence-corrected chi connectivity index (χ2v) is 13.5. The van der Waals surface area contributed by atoms with Crippen LogP contribution in [0.25, 0.3) is 83.4 Å². The van der Waals surface area contributed by atoms with E-state index in [1.165, 1.54) is 36.9 Å². The summed E-state index contributed by atoms with van der Waals surface area (Å²) in [6.07, 6.45) is 5.64. The maximum absolute atomic E-state index is 5.17. The fraction of sp³-hybridized carbons (Fsp3) is 0.0682. The molecule has 0 fully saturated rings. The van der Waals surface area contributed by atoms with Crippen LogP contribution in [0.2, 0.25) is 0 Å². The lowest BCUT2D eigenvalue weighted by molar-refractivity contribution is 0.783. The number of fused-ring (bicyclic) bond motifs is 4. The number of thiophene rings is 1. The van der Waals surface area contributed by atoms with Gasteiger partial charge in [0, 0.05) is 26.3 Å². The molecule has 0 amide bonds. The van der Waals surface area contributed by atoms with Crippen LogP contribution in [-0.2, 0) is 0 Å². The zero-order valence-corrected chi connectivity index (χ0v) is 27.3. The van der Waals surface area contributed by atoms with Gasteiger partial charge in [0.25, 0.3) is 0 Å². The zero-order chi connectivity index (χ0) is 32.0. The lowest BCUT2D eigenvalue weighted by Crippen LogP contribution is -2.00. The average Bonchev–Trinajstić information content (AvgIpc) is 3.55. The van der Waals surface area contributed by atoms with E-state index < -0.39 is 0 Å².